The Bertz CT molecular complexity index is 2290. The maximum Gasteiger partial charge on any atom is 0.324 e. The summed E-state index contributed by atoms with van der Waals surface area (Å²) in [6.45, 7) is 9.62. The minimum Gasteiger partial charge on any atom is -0.444 e. The molecule has 7 rings (SSSR count). The molecule has 260 valence electrons. The standard InChI is InChI=1S/C38H39N8O4P/c1-37(2,3)33-22-34(46(45-33)26-9-8-10-27(21-26)51(4,5)49)43-36(48)42-30-15-16-32(29-12-7-6-11-28(29)30)50-38(17-18-39-23-40-38)44-25-14-13-24-19-35(47)41-31(24)20-25/h6-18,20-23,44H,19H2,1-5H3,(H,39,40)(H,41,47)(H2,42,43,48). The smallest absolute Gasteiger partial charge is 0.324 e. The van der Waals surface area contributed by atoms with Crippen LogP contribution >= 0.6 is 7.14 Å². The lowest BCUT2D eigenvalue weighted by Crippen LogP contribution is -2.43. The Balaban J connectivity index is 1.16. The number of carbonyl (C=O) groups excluding carboxylic acids is 2. The summed E-state index contributed by atoms with van der Waals surface area (Å²) < 4.78 is 21.1. The lowest BCUT2D eigenvalue weighted by molar-refractivity contribution is -0.115. The number of amides is 3. The molecule has 3 heterocycles. The van der Waals surface area contributed by atoms with Crippen molar-refractivity contribution in [1.29, 1.82) is 0 Å². The number of anilines is 4. The van der Waals surface area contributed by atoms with Crippen LogP contribution in [0.5, 0.6) is 5.75 Å². The lowest BCUT2D eigenvalue weighted by Gasteiger charge is -2.31. The molecule has 51 heavy (non-hydrogen) atoms. The van der Waals surface area contributed by atoms with E-state index in [-0.39, 0.29) is 11.3 Å². The molecule has 12 nitrogen and oxygen atoms in total. The van der Waals surface area contributed by atoms with Crippen LogP contribution < -0.4 is 36.6 Å². The molecule has 0 radical (unpaired) electrons. The summed E-state index contributed by atoms with van der Waals surface area (Å²) in [4.78, 5) is 30.2. The number of aromatic nitrogens is 2. The molecule has 13 heteroatoms. The molecule has 0 saturated carbocycles. The number of nitrogens with one attached hydrogen (secondary N) is 5. The Morgan fingerprint density at radius 3 is 2.51 bits per heavy atom. The number of fused-ring (bicyclic) bond motifs is 2. The average Bonchev–Trinajstić information content (AvgIpc) is 3.68. The summed E-state index contributed by atoms with van der Waals surface area (Å²) in [6.07, 6.45) is 5.38. The highest BCUT2D eigenvalue weighted by molar-refractivity contribution is 7.70. The molecule has 5 N–H and O–H groups in total. The van der Waals surface area contributed by atoms with Crippen LogP contribution in [0.1, 0.15) is 32.0 Å². The Hall–Kier alpha value is -5.87. The van der Waals surface area contributed by atoms with Gasteiger partial charge in [0, 0.05) is 51.2 Å². The minimum atomic E-state index is -2.53. The van der Waals surface area contributed by atoms with E-state index in [4.69, 9.17) is 9.84 Å². The van der Waals surface area contributed by atoms with Crippen LogP contribution in [-0.4, -0.2) is 47.2 Å². The summed E-state index contributed by atoms with van der Waals surface area (Å²) in [5.74, 6) is -0.353. The van der Waals surface area contributed by atoms with Gasteiger partial charge in [-0.3, -0.25) is 10.1 Å². The zero-order valence-corrected chi connectivity index (χ0v) is 29.8. The van der Waals surface area contributed by atoms with Gasteiger partial charge in [0.2, 0.25) is 5.91 Å². The van der Waals surface area contributed by atoms with Crippen molar-refractivity contribution in [3.05, 3.63) is 108 Å². The minimum absolute atomic E-state index is 0.0437. The summed E-state index contributed by atoms with van der Waals surface area (Å²) in [5, 5.41) is 22.3. The van der Waals surface area contributed by atoms with Crippen LogP contribution in [0.15, 0.2) is 102 Å². The molecular formula is C38H39N8O4P. The quantitative estimate of drug-likeness (QED) is 0.0863. The highest BCUT2D eigenvalue weighted by atomic mass is 31.2. The second-order valence-corrected chi connectivity index (χ2v) is 17.2. The van der Waals surface area contributed by atoms with Gasteiger partial charge in [-0.15, -0.1) is 0 Å². The lowest BCUT2D eigenvalue weighted by atomic mass is 9.92. The van der Waals surface area contributed by atoms with Gasteiger partial charge in [0.15, 0.2) is 0 Å². The van der Waals surface area contributed by atoms with Gasteiger partial charge in [0.05, 0.1) is 29.8 Å². The predicted molar refractivity (Wildman–Crippen MR) is 204 cm³/mol. The van der Waals surface area contributed by atoms with Crippen molar-refractivity contribution in [3.8, 4) is 11.4 Å². The van der Waals surface area contributed by atoms with Gasteiger partial charge >= 0.3 is 11.9 Å². The first-order valence-corrected chi connectivity index (χ1v) is 19.1. The molecule has 0 aliphatic carbocycles. The highest BCUT2D eigenvalue weighted by Crippen LogP contribution is 2.37. The van der Waals surface area contributed by atoms with Crippen LogP contribution in [-0.2, 0) is 21.2 Å². The summed E-state index contributed by atoms with van der Waals surface area (Å²) >= 11 is 0. The van der Waals surface area contributed by atoms with Gasteiger partial charge < -0.3 is 30.6 Å². The van der Waals surface area contributed by atoms with E-state index in [9.17, 15) is 14.2 Å². The van der Waals surface area contributed by atoms with E-state index < -0.39 is 19.0 Å². The molecule has 2 aliphatic heterocycles. The van der Waals surface area contributed by atoms with Gasteiger partial charge in [0.1, 0.15) is 18.7 Å². The number of benzene rings is 4. The highest BCUT2D eigenvalue weighted by Gasteiger charge is 2.32. The molecule has 1 unspecified atom stereocenters. The molecule has 0 fully saturated rings. The van der Waals surface area contributed by atoms with Crippen LogP contribution in [0.2, 0.25) is 0 Å². The third-order valence-electron chi connectivity index (χ3n) is 8.61. The van der Waals surface area contributed by atoms with Crippen molar-refractivity contribution in [1.82, 2.24) is 15.1 Å². The van der Waals surface area contributed by atoms with Crippen molar-refractivity contribution in [2.75, 3.05) is 34.6 Å². The first kappa shape index (κ1) is 33.6. The third-order valence-corrected chi connectivity index (χ3v) is 10.1. The van der Waals surface area contributed by atoms with Crippen LogP contribution in [0, 0.1) is 0 Å². The van der Waals surface area contributed by atoms with Crippen LogP contribution in [0.3, 0.4) is 0 Å². The number of hydrogen-bond acceptors (Lipinski definition) is 8. The molecule has 0 spiro atoms. The Morgan fingerprint density at radius 2 is 1.76 bits per heavy atom. The largest absolute Gasteiger partial charge is 0.444 e. The average molecular weight is 703 g/mol. The molecule has 0 bridgehead atoms. The topological polar surface area (TPSA) is 151 Å². The van der Waals surface area contributed by atoms with Gasteiger partial charge in [-0.05, 0) is 55.3 Å². The van der Waals surface area contributed by atoms with Crippen molar-refractivity contribution < 1.29 is 18.9 Å². The molecular weight excluding hydrogens is 663 g/mol. The van der Waals surface area contributed by atoms with Crippen molar-refractivity contribution >= 4 is 64.4 Å². The van der Waals surface area contributed by atoms with Crippen molar-refractivity contribution in [2.45, 2.75) is 38.5 Å². The summed E-state index contributed by atoms with van der Waals surface area (Å²) in [7, 11) is -2.53. The number of rotatable bonds is 8. The van der Waals surface area contributed by atoms with Gasteiger partial charge in [-0.25, -0.2) is 14.5 Å². The zero-order valence-electron chi connectivity index (χ0n) is 28.9. The maximum atomic E-state index is 13.6. The second kappa shape index (κ2) is 12.8. The first-order valence-electron chi connectivity index (χ1n) is 16.5. The molecule has 5 aromatic rings. The number of ether oxygens (including phenoxy) is 1. The number of carbonyl (C=O) groups is 2. The van der Waals surface area contributed by atoms with Crippen molar-refractivity contribution in [2.24, 2.45) is 4.99 Å². The molecule has 1 aromatic heterocycles. The molecule has 3 amide bonds. The van der Waals surface area contributed by atoms with E-state index in [1.54, 1.807) is 48.8 Å². The van der Waals surface area contributed by atoms with E-state index in [0.29, 0.717) is 35.1 Å². The predicted octanol–water partition coefficient (Wildman–Crippen LogP) is 7.00. The van der Waals surface area contributed by atoms with E-state index in [1.165, 1.54) is 0 Å². The van der Waals surface area contributed by atoms with Crippen LogP contribution in [0.25, 0.3) is 16.5 Å². The molecule has 1 atom stereocenters. The number of nitrogens with zero attached hydrogens (tertiary/aromatic N) is 3. The zero-order chi connectivity index (χ0) is 36.0. The SMILES string of the molecule is CC(C)(C)c1cc(NC(=O)Nc2ccc(OC3(Nc4ccc5c(c4)NC(=O)C5)C=CNC=N3)c3ccccc23)n(-c2cccc(P(C)(C)=O)c2)n1. The third kappa shape index (κ3) is 7.09. The monoisotopic (exact) mass is 702 g/mol. The normalized spacial score (nSPS) is 16.7. The number of aliphatic imine (C=N–C) groups is 1. The fraction of sp³-hybridized carbons (Fsp3) is 0.211. The van der Waals surface area contributed by atoms with Crippen molar-refractivity contribution in [3.63, 3.8) is 0 Å². The second-order valence-electron chi connectivity index (χ2n) is 14.0. The molecule has 0 saturated heterocycles. The maximum absolute atomic E-state index is 13.6. The number of urea groups is 1. The molecule has 4 aromatic carbocycles. The summed E-state index contributed by atoms with van der Waals surface area (Å²) in [5.41, 5.74) is 4.14. The Kier molecular flexibility index (Phi) is 8.43. The van der Waals surface area contributed by atoms with Gasteiger partial charge in [-0.2, -0.15) is 5.10 Å². The summed E-state index contributed by atoms with van der Waals surface area (Å²) in [6, 6.07) is 25.6. The van der Waals surface area contributed by atoms with E-state index in [0.717, 1.165) is 33.0 Å². The Morgan fingerprint density at radius 1 is 0.961 bits per heavy atom. The van der Waals surface area contributed by atoms with E-state index in [2.05, 4.69) is 52.3 Å². The first-order chi connectivity index (χ1) is 24.3. The molecule has 2 aliphatic rings. The van der Waals surface area contributed by atoms with Gasteiger partial charge in [-0.1, -0.05) is 63.2 Å². The fourth-order valence-electron chi connectivity index (χ4n) is 5.94. The van der Waals surface area contributed by atoms with E-state index >= 15 is 0 Å². The fourth-order valence-corrected chi connectivity index (χ4v) is 6.83. The number of hydrogen-bond donors (Lipinski definition) is 5. The van der Waals surface area contributed by atoms with Gasteiger partial charge in [0.25, 0.3) is 0 Å². The Labute approximate surface area is 295 Å². The van der Waals surface area contributed by atoms with E-state index in [1.807, 2.05) is 72.8 Å². The van der Waals surface area contributed by atoms with Crippen LogP contribution in [0.4, 0.5) is 27.7 Å².